The van der Waals surface area contributed by atoms with Gasteiger partial charge < -0.3 is 10.0 Å². The lowest BCUT2D eigenvalue weighted by atomic mass is 9.64. The molecule has 1 amide bonds. The first-order valence-corrected chi connectivity index (χ1v) is 8.76. The van der Waals surface area contributed by atoms with Crippen molar-refractivity contribution in [3.05, 3.63) is 35.9 Å². The van der Waals surface area contributed by atoms with Gasteiger partial charge in [0, 0.05) is 39.1 Å². The molecule has 4 heteroatoms. The van der Waals surface area contributed by atoms with Gasteiger partial charge in [-0.05, 0) is 43.3 Å². The number of aliphatic hydroxyl groups excluding tert-OH is 1. The normalized spacial score (nSPS) is 24.8. The van der Waals surface area contributed by atoms with Gasteiger partial charge in [0.15, 0.2) is 0 Å². The van der Waals surface area contributed by atoms with Crippen LogP contribution in [0.5, 0.6) is 0 Å². The summed E-state index contributed by atoms with van der Waals surface area (Å²) in [6.07, 6.45) is 3.31. The van der Waals surface area contributed by atoms with E-state index in [-0.39, 0.29) is 23.8 Å². The first kappa shape index (κ1) is 16.5. The van der Waals surface area contributed by atoms with Crippen LogP contribution in [-0.2, 0) is 11.3 Å². The molecule has 1 N–H and O–H groups in total. The van der Waals surface area contributed by atoms with Crippen molar-refractivity contribution >= 4 is 5.91 Å². The zero-order chi connectivity index (χ0) is 16.3. The average Bonchev–Trinajstić information content (AvgIpc) is 2.58. The summed E-state index contributed by atoms with van der Waals surface area (Å²) in [5.41, 5.74) is 1.60. The van der Waals surface area contributed by atoms with Crippen molar-refractivity contribution in [1.29, 1.82) is 0 Å². The highest BCUT2D eigenvalue weighted by Crippen LogP contribution is 2.45. The third-order valence-electron chi connectivity index (χ3n) is 5.95. The maximum absolute atomic E-state index is 11.6. The molecule has 4 nitrogen and oxygen atoms in total. The molecule has 2 aliphatic heterocycles. The van der Waals surface area contributed by atoms with Crippen molar-refractivity contribution in [2.45, 2.75) is 32.7 Å². The van der Waals surface area contributed by atoms with Crippen LogP contribution in [-0.4, -0.2) is 53.6 Å². The Morgan fingerprint density at radius 2 is 1.83 bits per heavy atom. The van der Waals surface area contributed by atoms with Crippen LogP contribution in [0.2, 0.25) is 0 Å². The van der Waals surface area contributed by atoms with Crippen LogP contribution < -0.4 is 0 Å². The SMILES string of the molecule is CC(=O)N1CCC2(CCN(Cc3ccccc3)CC2)C(CO)C1. The molecule has 2 heterocycles. The molecule has 0 aromatic heterocycles. The number of carbonyl (C=O) groups is 1. The first-order chi connectivity index (χ1) is 11.1. The number of amides is 1. The van der Waals surface area contributed by atoms with E-state index in [2.05, 4.69) is 35.2 Å². The Labute approximate surface area is 139 Å². The van der Waals surface area contributed by atoms with Crippen molar-refractivity contribution in [3.63, 3.8) is 0 Å². The highest BCUT2D eigenvalue weighted by Gasteiger charge is 2.44. The number of aliphatic hydroxyl groups is 1. The van der Waals surface area contributed by atoms with Crippen molar-refractivity contribution in [2.24, 2.45) is 11.3 Å². The maximum Gasteiger partial charge on any atom is 0.219 e. The molecule has 126 valence electrons. The van der Waals surface area contributed by atoms with Gasteiger partial charge in [0.2, 0.25) is 5.91 Å². The predicted molar refractivity (Wildman–Crippen MR) is 90.8 cm³/mol. The third-order valence-corrected chi connectivity index (χ3v) is 5.95. The summed E-state index contributed by atoms with van der Waals surface area (Å²) in [5.74, 6) is 0.374. The van der Waals surface area contributed by atoms with Gasteiger partial charge in [0.05, 0.1) is 0 Å². The number of piperidine rings is 2. The Kier molecular flexibility index (Phi) is 5.02. The third kappa shape index (κ3) is 3.59. The lowest BCUT2D eigenvalue weighted by molar-refractivity contribution is -0.135. The molecule has 1 unspecified atom stereocenters. The van der Waals surface area contributed by atoms with Crippen LogP contribution in [0.25, 0.3) is 0 Å². The molecule has 0 saturated carbocycles. The summed E-state index contributed by atoms with van der Waals surface area (Å²) in [4.78, 5) is 16.0. The molecular formula is C19H28N2O2. The highest BCUT2D eigenvalue weighted by atomic mass is 16.3. The Hall–Kier alpha value is -1.39. The zero-order valence-electron chi connectivity index (χ0n) is 14.1. The van der Waals surface area contributed by atoms with Crippen LogP contribution in [0.15, 0.2) is 30.3 Å². The lowest BCUT2D eigenvalue weighted by Gasteiger charge is -2.51. The highest BCUT2D eigenvalue weighted by molar-refractivity contribution is 5.73. The Balaban J connectivity index is 1.59. The quantitative estimate of drug-likeness (QED) is 0.929. The van der Waals surface area contributed by atoms with Crippen LogP contribution in [0.4, 0.5) is 0 Å². The topological polar surface area (TPSA) is 43.8 Å². The summed E-state index contributed by atoms with van der Waals surface area (Å²) in [5, 5.41) is 9.86. The van der Waals surface area contributed by atoms with E-state index < -0.39 is 0 Å². The van der Waals surface area contributed by atoms with E-state index in [0.29, 0.717) is 0 Å². The molecule has 2 fully saturated rings. The average molecular weight is 316 g/mol. The molecular weight excluding hydrogens is 288 g/mol. The molecule has 1 aromatic carbocycles. The van der Waals surface area contributed by atoms with E-state index in [4.69, 9.17) is 0 Å². The number of hydrogen-bond donors (Lipinski definition) is 1. The Morgan fingerprint density at radius 3 is 2.43 bits per heavy atom. The van der Waals surface area contributed by atoms with E-state index in [1.165, 1.54) is 5.56 Å². The molecule has 3 rings (SSSR count). The summed E-state index contributed by atoms with van der Waals surface area (Å²) in [6, 6.07) is 10.6. The van der Waals surface area contributed by atoms with Crippen LogP contribution >= 0.6 is 0 Å². The standard InChI is InChI=1S/C19H28N2O2/c1-16(23)21-12-9-19(18(14-21)15-22)7-10-20(11-8-19)13-17-5-3-2-4-6-17/h2-6,18,22H,7-15H2,1H3. The van der Waals surface area contributed by atoms with Gasteiger partial charge in [-0.15, -0.1) is 0 Å². The van der Waals surface area contributed by atoms with Gasteiger partial charge in [-0.2, -0.15) is 0 Å². The number of rotatable bonds is 3. The first-order valence-electron chi connectivity index (χ1n) is 8.76. The predicted octanol–water partition coefficient (Wildman–Crippen LogP) is 2.13. The molecule has 0 aliphatic carbocycles. The maximum atomic E-state index is 11.6. The minimum absolute atomic E-state index is 0.139. The summed E-state index contributed by atoms with van der Waals surface area (Å²) >= 11 is 0. The summed E-state index contributed by atoms with van der Waals surface area (Å²) in [6.45, 7) is 6.60. The van der Waals surface area contributed by atoms with Gasteiger partial charge in [0.1, 0.15) is 0 Å². The fourth-order valence-electron chi connectivity index (χ4n) is 4.31. The van der Waals surface area contributed by atoms with Crippen LogP contribution in [0.3, 0.4) is 0 Å². The van der Waals surface area contributed by atoms with Crippen LogP contribution in [0.1, 0.15) is 31.7 Å². The molecule has 1 spiro atoms. The van der Waals surface area contributed by atoms with Gasteiger partial charge in [-0.3, -0.25) is 9.69 Å². The van der Waals surface area contributed by atoms with Gasteiger partial charge in [0.25, 0.3) is 0 Å². The number of hydrogen-bond acceptors (Lipinski definition) is 3. The number of carbonyl (C=O) groups excluding carboxylic acids is 1. The van der Waals surface area contributed by atoms with Crippen molar-refractivity contribution in [3.8, 4) is 0 Å². The Bertz CT molecular complexity index is 523. The van der Waals surface area contributed by atoms with Gasteiger partial charge >= 0.3 is 0 Å². The van der Waals surface area contributed by atoms with E-state index >= 15 is 0 Å². The molecule has 0 radical (unpaired) electrons. The zero-order valence-corrected chi connectivity index (χ0v) is 14.1. The molecule has 1 atom stereocenters. The smallest absolute Gasteiger partial charge is 0.219 e. The second-order valence-corrected chi connectivity index (χ2v) is 7.22. The molecule has 2 saturated heterocycles. The monoisotopic (exact) mass is 316 g/mol. The largest absolute Gasteiger partial charge is 0.396 e. The van der Waals surface area contributed by atoms with Crippen LogP contribution in [0, 0.1) is 11.3 Å². The second-order valence-electron chi connectivity index (χ2n) is 7.22. The summed E-state index contributed by atoms with van der Waals surface area (Å²) in [7, 11) is 0. The molecule has 23 heavy (non-hydrogen) atoms. The van der Waals surface area contributed by atoms with E-state index in [0.717, 1.165) is 52.0 Å². The van der Waals surface area contributed by atoms with Gasteiger partial charge in [-0.25, -0.2) is 0 Å². The van der Waals surface area contributed by atoms with Crippen molar-refractivity contribution < 1.29 is 9.90 Å². The Morgan fingerprint density at radius 1 is 1.17 bits per heavy atom. The number of benzene rings is 1. The van der Waals surface area contributed by atoms with E-state index in [9.17, 15) is 9.90 Å². The summed E-state index contributed by atoms with van der Waals surface area (Å²) < 4.78 is 0. The lowest BCUT2D eigenvalue weighted by Crippen LogP contribution is -2.54. The number of likely N-dealkylation sites (tertiary alicyclic amines) is 2. The fraction of sp³-hybridized carbons (Fsp3) is 0.632. The minimum Gasteiger partial charge on any atom is -0.396 e. The molecule has 2 aliphatic rings. The van der Waals surface area contributed by atoms with Gasteiger partial charge in [-0.1, -0.05) is 30.3 Å². The fourth-order valence-corrected chi connectivity index (χ4v) is 4.31. The van der Waals surface area contributed by atoms with E-state index in [1.54, 1.807) is 6.92 Å². The van der Waals surface area contributed by atoms with Crippen molar-refractivity contribution in [1.82, 2.24) is 9.80 Å². The minimum atomic E-state index is 0.139. The molecule has 0 bridgehead atoms. The second kappa shape index (κ2) is 7.02. The molecule has 1 aromatic rings. The van der Waals surface area contributed by atoms with Crippen molar-refractivity contribution in [2.75, 3.05) is 32.8 Å². The van der Waals surface area contributed by atoms with E-state index in [1.807, 2.05) is 4.90 Å². The number of nitrogens with zero attached hydrogens (tertiary/aromatic N) is 2.